The van der Waals surface area contributed by atoms with E-state index in [0.29, 0.717) is 0 Å². The van der Waals surface area contributed by atoms with Crippen molar-refractivity contribution >= 4 is 6.09 Å². The molecule has 3 rings (SSSR count). The molecular weight excluding hydrogens is 226 g/mol. The van der Waals surface area contributed by atoms with Gasteiger partial charge < -0.3 is 4.74 Å². The molecule has 1 saturated heterocycles. The Morgan fingerprint density at radius 3 is 2.72 bits per heavy atom. The zero-order valence-electron chi connectivity index (χ0n) is 10.7. The van der Waals surface area contributed by atoms with Crippen LogP contribution in [0.3, 0.4) is 0 Å². The Bertz CT molecular complexity index is 431. The zero-order valence-corrected chi connectivity index (χ0v) is 10.7. The number of hydrogen-bond acceptors (Lipinski definition) is 2. The molecule has 0 N–H and O–H groups in total. The van der Waals surface area contributed by atoms with Crippen LogP contribution in [0, 0.1) is 0 Å². The van der Waals surface area contributed by atoms with Gasteiger partial charge in [0.25, 0.3) is 0 Å². The fourth-order valence-electron chi connectivity index (χ4n) is 3.20. The van der Waals surface area contributed by atoms with Gasteiger partial charge in [-0.15, -0.1) is 0 Å². The number of carbonyl (C=O) groups excluding carboxylic acids is 1. The van der Waals surface area contributed by atoms with Gasteiger partial charge in [-0.3, -0.25) is 4.90 Å². The molecule has 1 aliphatic carbocycles. The number of hydrogen-bond donors (Lipinski definition) is 0. The average Bonchev–Trinajstić information content (AvgIpc) is 2.75. The van der Waals surface area contributed by atoms with Crippen molar-refractivity contribution in [2.45, 2.75) is 50.8 Å². The molecule has 1 aromatic rings. The number of carbonyl (C=O) groups is 1. The molecule has 1 amide bonds. The Labute approximate surface area is 108 Å². The quantitative estimate of drug-likeness (QED) is 0.798. The van der Waals surface area contributed by atoms with Crippen molar-refractivity contribution in [2.24, 2.45) is 0 Å². The lowest BCUT2D eigenvalue weighted by Gasteiger charge is -2.32. The summed E-state index contributed by atoms with van der Waals surface area (Å²) in [5, 5.41) is 0. The molecule has 1 aromatic carbocycles. The van der Waals surface area contributed by atoms with Crippen molar-refractivity contribution in [3.05, 3.63) is 35.9 Å². The molecule has 1 heterocycles. The van der Waals surface area contributed by atoms with Crippen molar-refractivity contribution in [3.63, 3.8) is 0 Å². The molecule has 3 nitrogen and oxygen atoms in total. The van der Waals surface area contributed by atoms with Gasteiger partial charge in [0.15, 0.2) is 0 Å². The maximum absolute atomic E-state index is 12.1. The van der Waals surface area contributed by atoms with E-state index in [9.17, 15) is 4.79 Å². The predicted octanol–water partition coefficient (Wildman–Crippen LogP) is 3.51. The first-order valence-electron chi connectivity index (χ1n) is 6.81. The van der Waals surface area contributed by atoms with E-state index < -0.39 is 0 Å². The van der Waals surface area contributed by atoms with Gasteiger partial charge >= 0.3 is 6.09 Å². The molecule has 3 atom stereocenters. The van der Waals surface area contributed by atoms with E-state index in [-0.39, 0.29) is 24.3 Å². The van der Waals surface area contributed by atoms with Crippen LogP contribution in [-0.2, 0) is 4.74 Å². The summed E-state index contributed by atoms with van der Waals surface area (Å²) in [5.41, 5.74) is 1.18. The van der Waals surface area contributed by atoms with E-state index in [2.05, 4.69) is 19.1 Å². The fraction of sp³-hybridized carbons (Fsp3) is 0.533. The van der Waals surface area contributed by atoms with E-state index in [1.807, 2.05) is 23.1 Å². The zero-order chi connectivity index (χ0) is 12.5. The third kappa shape index (κ3) is 1.88. The standard InChI is InChI=1S/C15H19NO2/c1-11(12-7-3-2-4-8-12)16-13-9-5-6-10-14(13)18-15(16)17/h2-4,7-8,11,13-14H,5-6,9-10H2,1H3/t11-,13-,14-/m0/s1. The summed E-state index contributed by atoms with van der Waals surface area (Å²) in [5.74, 6) is 0. The van der Waals surface area contributed by atoms with E-state index in [4.69, 9.17) is 4.74 Å². The van der Waals surface area contributed by atoms with Crippen LogP contribution in [0.2, 0.25) is 0 Å². The van der Waals surface area contributed by atoms with E-state index in [1.54, 1.807) is 0 Å². The van der Waals surface area contributed by atoms with Gasteiger partial charge in [-0.2, -0.15) is 0 Å². The Morgan fingerprint density at radius 1 is 1.22 bits per heavy atom. The van der Waals surface area contributed by atoms with Crippen LogP contribution in [0.4, 0.5) is 4.79 Å². The molecule has 18 heavy (non-hydrogen) atoms. The van der Waals surface area contributed by atoms with Crippen LogP contribution < -0.4 is 0 Å². The molecule has 96 valence electrons. The topological polar surface area (TPSA) is 29.5 Å². The first-order valence-corrected chi connectivity index (χ1v) is 6.81. The van der Waals surface area contributed by atoms with Gasteiger partial charge in [0.1, 0.15) is 6.10 Å². The minimum Gasteiger partial charge on any atom is -0.444 e. The van der Waals surface area contributed by atoms with Gasteiger partial charge in [-0.1, -0.05) is 36.8 Å². The summed E-state index contributed by atoms with van der Waals surface area (Å²) in [6, 6.07) is 10.6. The second kappa shape index (κ2) is 4.63. The molecule has 0 spiro atoms. The second-order valence-corrected chi connectivity index (χ2v) is 5.27. The molecular formula is C15H19NO2. The number of amides is 1. The molecule has 3 heteroatoms. The second-order valence-electron chi connectivity index (χ2n) is 5.27. The SMILES string of the molecule is C[C@@H](c1ccccc1)N1C(=O)O[C@H]2CCCC[C@@H]21. The molecule has 2 fully saturated rings. The van der Waals surface area contributed by atoms with Crippen LogP contribution in [-0.4, -0.2) is 23.1 Å². The number of fused-ring (bicyclic) bond motifs is 1. The summed E-state index contributed by atoms with van der Waals surface area (Å²) in [6.45, 7) is 2.09. The number of rotatable bonds is 2. The lowest BCUT2D eigenvalue weighted by molar-refractivity contribution is 0.113. The van der Waals surface area contributed by atoms with Crippen molar-refractivity contribution in [1.29, 1.82) is 0 Å². The fourth-order valence-corrected chi connectivity index (χ4v) is 3.20. The van der Waals surface area contributed by atoms with Crippen LogP contribution in [0.15, 0.2) is 30.3 Å². The molecule has 0 bridgehead atoms. The monoisotopic (exact) mass is 245 g/mol. The molecule has 0 aromatic heterocycles. The van der Waals surface area contributed by atoms with Gasteiger partial charge in [0.05, 0.1) is 12.1 Å². The average molecular weight is 245 g/mol. The van der Waals surface area contributed by atoms with Crippen LogP contribution in [0.1, 0.15) is 44.2 Å². The molecule has 1 aliphatic heterocycles. The van der Waals surface area contributed by atoms with Crippen molar-refractivity contribution < 1.29 is 9.53 Å². The summed E-state index contributed by atoms with van der Waals surface area (Å²) in [4.78, 5) is 14.0. The summed E-state index contributed by atoms with van der Waals surface area (Å²) >= 11 is 0. The highest BCUT2D eigenvalue weighted by atomic mass is 16.6. The van der Waals surface area contributed by atoms with Gasteiger partial charge in [-0.05, 0) is 31.7 Å². The summed E-state index contributed by atoms with van der Waals surface area (Å²) in [6.07, 6.45) is 4.47. The van der Waals surface area contributed by atoms with Gasteiger partial charge in [-0.25, -0.2) is 4.79 Å². The van der Waals surface area contributed by atoms with Crippen molar-refractivity contribution in [2.75, 3.05) is 0 Å². The normalized spacial score (nSPS) is 28.7. The molecule has 1 saturated carbocycles. The van der Waals surface area contributed by atoms with Gasteiger partial charge in [0, 0.05) is 0 Å². The smallest absolute Gasteiger partial charge is 0.411 e. The number of nitrogens with zero attached hydrogens (tertiary/aromatic N) is 1. The Kier molecular flexibility index (Phi) is 2.98. The maximum Gasteiger partial charge on any atom is 0.411 e. The first kappa shape index (κ1) is 11.6. The highest BCUT2D eigenvalue weighted by molar-refractivity contribution is 5.71. The van der Waals surface area contributed by atoms with Crippen LogP contribution >= 0.6 is 0 Å². The lowest BCUT2D eigenvalue weighted by atomic mass is 9.91. The van der Waals surface area contributed by atoms with Crippen LogP contribution in [0.25, 0.3) is 0 Å². The Hall–Kier alpha value is -1.51. The summed E-state index contributed by atoms with van der Waals surface area (Å²) < 4.78 is 5.51. The Morgan fingerprint density at radius 2 is 1.94 bits per heavy atom. The number of ether oxygens (including phenoxy) is 1. The highest BCUT2D eigenvalue weighted by Gasteiger charge is 2.44. The third-order valence-corrected chi connectivity index (χ3v) is 4.19. The van der Waals surface area contributed by atoms with Crippen molar-refractivity contribution in [1.82, 2.24) is 4.90 Å². The molecule has 0 unspecified atom stereocenters. The van der Waals surface area contributed by atoms with Gasteiger partial charge in [0.2, 0.25) is 0 Å². The minimum absolute atomic E-state index is 0.104. The number of benzene rings is 1. The lowest BCUT2D eigenvalue weighted by Crippen LogP contribution is -2.40. The Balaban J connectivity index is 1.84. The highest BCUT2D eigenvalue weighted by Crippen LogP contribution is 2.37. The van der Waals surface area contributed by atoms with Crippen molar-refractivity contribution in [3.8, 4) is 0 Å². The minimum atomic E-state index is -0.136. The largest absolute Gasteiger partial charge is 0.444 e. The molecule has 2 aliphatic rings. The molecule has 0 radical (unpaired) electrons. The summed E-state index contributed by atoms with van der Waals surface area (Å²) in [7, 11) is 0. The maximum atomic E-state index is 12.1. The first-order chi connectivity index (χ1) is 8.77. The third-order valence-electron chi connectivity index (χ3n) is 4.19. The van der Waals surface area contributed by atoms with E-state index >= 15 is 0 Å². The van der Waals surface area contributed by atoms with E-state index in [1.165, 1.54) is 18.4 Å². The van der Waals surface area contributed by atoms with Crippen LogP contribution in [0.5, 0.6) is 0 Å². The predicted molar refractivity (Wildman–Crippen MR) is 69.2 cm³/mol. The van der Waals surface area contributed by atoms with E-state index in [0.717, 1.165) is 12.8 Å².